The Kier molecular flexibility index (Phi) is 7.36. The zero-order valence-electron chi connectivity index (χ0n) is 12.4. The number of likely N-dealkylation sites (tertiary alicyclic amines) is 1. The third-order valence-corrected chi connectivity index (χ3v) is 3.31. The number of hydrogen-bond donors (Lipinski definition) is 2. The van der Waals surface area contributed by atoms with Gasteiger partial charge >= 0.3 is 12.0 Å². The average molecular weight is 286 g/mol. The van der Waals surface area contributed by atoms with Gasteiger partial charge < -0.3 is 20.1 Å². The molecule has 116 valence electrons. The first-order valence-electron chi connectivity index (χ1n) is 7.31. The number of rotatable bonds is 8. The largest absolute Gasteiger partial charge is 0.481 e. The molecule has 0 aromatic heterocycles. The van der Waals surface area contributed by atoms with E-state index in [4.69, 9.17) is 9.84 Å². The third kappa shape index (κ3) is 6.75. The normalized spacial score (nSPS) is 18.6. The van der Waals surface area contributed by atoms with E-state index in [2.05, 4.69) is 19.2 Å². The van der Waals surface area contributed by atoms with E-state index in [0.29, 0.717) is 51.1 Å². The molecule has 0 radical (unpaired) electrons. The lowest BCUT2D eigenvalue weighted by atomic mass is 10.0. The van der Waals surface area contributed by atoms with Crippen LogP contribution < -0.4 is 5.32 Å². The fraction of sp³-hybridized carbons (Fsp3) is 0.857. The predicted octanol–water partition coefficient (Wildman–Crippen LogP) is 1.56. The Labute approximate surface area is 120 Å². The molecule has 0 aromatic rings. The molecule has 1 fully saturated rings. The van der Waals surface area contributed by atoms with E-state index >= 15 is 0 Å². The zero-order valence-corrected chi connectivity index (χ0v) is 12.4. The Morgan fingerprint density at radius 2 is 2.20 bits per heavy atom. The lowest BCUT2D eigenvalue weighted by molar-refractivity contribution is -0.137. The van der Waals surface area contributed by atoms with E-state index in [-0.39, 0.29) is 12.5 Å². The highest BCUT2D eigenvalue weighted by molar-refractivity contribution is 5.74. The maximum absolute atomic E-state index is 11.9. The summed E-state index contributed by atoms with van der Waals surface area (Å²) in [4.78, 5) is 24.1. The minimum Gasteiger partial charge on any atom is -0.481 e. The van der Waals surface area contributed by atoms with Crippen molar-refractivity contribution in [1.29, 1.82) is 0 Å². The van der Waals surface area contributed by atoms with E-state index in [0.717, 1.165) is 6.42 Å². The SMILES string of the molecule is CC(C)COCCNC(=O)N1CCC(CCC(=O)O)C1. The monoisotopic (exact) mass is 286 g/mol. The van der Waals surface area contributed by atoms with Crippen LogP contribution in [0.1, 0.15) is 33.1 Å². The van der Waals surface area contributed by atoms with Crippen LogP contribution in [0.5, 0.6) is 0 Å². The first-order chi connectivity index (χ1) is 9.49. The summed E-state index contributed by atoms with van der Waals surface area (Å²) in [5, 5.41) is 11.5. The summed E-state index contributed by atoms with van der Waals surface area (Å²) in [6.45, 7) is 7.29. The number of carboxylic acids is 1. The van der Waals surface area contributed by atoms with Crippen molar-refractivity contribution in [3.63, 3.8) is 0 Å². The number of aliphatic carboxylic acids is 1. The van der Waals surface area contributed by atoms with Gasteiger partial charge in [0.1, 0.15) is 0 Å². The molecule has 20 heavy (non-hydrogen) atoms. The van der Waals surface area contributed by atoms with E-state index in [9.17, 15) is 9.59 Å². The van der Waals surface area contributed by atoms with Gasteiger partial charge in [0.2, 0.25) is 0 Å². The molecule has 1 unspecified atom stereocenters. The average Bonchev–Trinajstić information content (AvgIpc) is 2.84. The summed E-state index contributed by atoms with van der Waals surface area (Å²) in [6.07, 6.45) is 1.73. The summed E-state index contributed by atoms with van der Waals surface area (Å²) >= 11 is 0. The van der Waals surface area contributed by atoms with Crippen LogP contribution in [0.2, 0.25) is 0 Å². The highest BCUT2D eigenvalue weighted by Crippen LogP contribution is 2.20. The first kappa shape index (κ1) is 16.8. The molecule has 0 saturated carbocycles. The van der Waals surface area contributed by atoms with Crippen molar-refractivity contribution in [2.75, 3.05) is 32.8 Å². The van der Waals surface area contributed by atoms with Crippen LogP contribution in [0, 0.1) is 11.8 Å². The molecule has 0 aromatic carbocycles. The molecule has 6 nitrogen and oxygen atoms in total. The zero-order chi connectivity index (χ0) is 15.0. The van der Waals surface area contributed by atoms with Crippen molar-refractivity contribution >= 4 is 12.0 Å². The predicted molar refractivity (Wildman–Crippen MR) is 75.6 cm³/mol. The molecule has 1 aliphatic rings. The first-order valence-corrected chi connectivity index (χ1v) is 7.31. The quantitative estimate of drug-likeness (QED) is 0.664. The number of carbonyl (C=O) groups is 2. The maximum atomic E-state index is 11.9. The highest BCUT2D eigenvalue weighted by Gasteiger charge is 2.26. The van der Waals surface area contributed by atoms with Gasteiger partial charge in [-0.15, -0.1) is 0 Å². The maximum Gasteiger partial charge on any atom is 0.317 e. The number of nitrogens with zero attached hydrogens (tertiary/aromatic N) is 1. The molecule has 0 bridgehead atoms. The van der Waals surface area contributed by atoms with E-state index in [1.54, 1.807) is 4.90 Å². The Hall–Kier alpha value is -1.30. The number of carbonyl (C=O) groups excluding carboxylic acids is 1. The molecule has 1 aliphatic heterocycles. The van der Waals surface area contributed by atoms with Crippen molar-refractivity contribution in [2.45, 2.75) is 33.1 Å². The van der Waals surface area contributed by atoms with Crippen LogP contribution in [0.3, 0.4) is 0 Å². The van der Waals surface area contributed by atoms with Gasteiger partial charge in [-0.2, -0.15) is 0 Å². The van der Waals surface area contributed by atoms with Crippen molar-refractivity contribution in [1.82, 2.24) is 10.2 Å². The van der Waals surface area contributed by atoms with Crippen molar-refractivity contribution < 1.29 is 19.4 Å². The van der Waals surface area contributed by atoms with E-state index < -0.39 is 5.97 Å². The topological polar surface area (TPSA) is 78.9 Å². The van der Waals surface area contributed by atoms with Gasteiger partial charge in [0.25, 0.3) is 0 Å². The molecule has 1 saturated heterocycles. The third-order valence-electron chi connectivity index (χ3n) is 3.31. The minimum absolute atomic E-state index is 0.0732. The second-order valence-corrected chi connectivity index (χ2v) is 5.73. The molecule has 1 heterocycles. The molecule has 2 amide bonds. The van der Waals surface area contributed by atoms with Crippen LogP contribution in [-0.2, 0) is 9.53 Å². The van der Waals surface area contributed by atoms with Gasteiger partial charge in [-0.1, -0.05) is 13.8 Å². The molecule has 6 heteroatoms. The van der Waals surface area contributed by atoms with E-state index in [1.807, 2.05) is 0 Å². The number of carboxylic acid groups (broad SMARTS) is 1. The van der Waals surface area contributed by atoms with Crippen LogP contribution in [0.25, 0.3) is 0 Å². The van der Waals surface area contributed by atoms with Crippen LogP contribution in [-0.4, -0.2) is 54.9 Å². The Morgan fingerprint density at radius 3 is 2.85 bits per heavy atom. The Bertz CT molecular complexity index is 320. The number of amides is 2. The second kappa shape index (κ2) is 8.79. The van der Waals surface area contributed by atoms with Gasteiger partial charge in [0.15, 0.2) is 0 Å². The van der Waals surface area contributed by atoms with Gasteiger partial charge in [0, 0.05) is 32.7 Å². The van der Waals surface area contributed by atoms with Gasteiger partial charge in [-0.3, -0.25) is 4.79 Å². The lowest BCUT2D eigenvalue weighted by Crippen LogP contribution is -2.40. The van der Waals surface area contributed by atoms with Gasteiger partial charge in [-0.05, 0) is 24.7 Å². The van der Waals surface area contributed by atoms with Gasteiger partial charge in [-0.25, -0.2) is 4.79 Å². The van der Waals surface area contributed by atoms with Crippen molar-refractivity contribution in [3.8, 4) is 0 Å². The molecule has 2 N–H and O–H groups in total. The number of nitrogens with one attached hydrogen (secondary N) is 1. The summed E-state index contributed by atoms with van der Waals surface area (Å²) in [7, 11) is 0. The number of ether oxygens (including phenoxy) is 1. The van der Waals surface area contributed by atoms with Crippen LogP contribution in [0.4, 0.5) is 4.79 Å². The molecule has 0 aliphatic carbocycles. The van der Waals surface area contributed by atoms with E-state index in [1.165, 1.54) is 0 Å². The van der Waals surface area contributed by atoms with Gasteiger partial charge in [0.05, 0.1) is 6.61 Å². The van der Waals surface area contributed by atoms with Crippen LogP contribution in [0.15, 0.2) is 0 Å². The standard InChI is InChI=1S/C14H26N2O4/c1-11(2)10-20-8-6-15-14(19)16-7-5-12(9-16)3-4-13(17)18/h11-12H,3-10H2,1-2H3,(H,15,19)(H,17,18). The lowest BCUT2D eigenvalue weighted by Gasteiger charge is -2.17. The number of hydrogen-bond acceptors (Lipinski definition) is 3. The second-order valence-electron chi connectivity index (χ2n) is 5.73. The summed E-state index contributed by atoms with van der Waals surface area (Å²) in [5.41, 5.74) is 0. The number of urea groups is 1. The summed E-state index contributed by atoms with van der Waals surface area (Å²) in [5.74, 6) is 0.0449. The fourth-order valence-electron chi connectivity index (χ4n) is 2.24. The summed E-state index contributed by atoms with van der Waals surface area (Å²) in [6, 6.07) is -0.0732. The molecule has 1 atom stereocenters. The van der Waals surface area contributed by atoms with Crippen molar-refractivity contribution in [2.24, 2.45) is 11.8 Å². The highest BCUT2D eigenvalue weighted by atomic mass is 16.5. The fourth-order valence-corrected chi connectivity index (χ4v) is 2.24. The smallest absolute Gasteiger partial charge is 0.317 e. The van der Waals surface area contributed by atoms with Crippen LogP contribution >= 0.6 is 0 Å². The Morgan fingerprint density at radius 1 is 1.45 bits per heavy atom. The molecule has 0 spiro atoms. The molecule has 1 rings (SSSR count). The van der Waals surface area contributed by atoms with Crippen molar-refractivity contribution in [3.05, 3.63) is 0 Å². The Balaban J connectivity index is 2.10. The minimum atomic E-state index is -0.768. The molecular weight excluding hydrogens is 260 g/mol. The summed E-state index contributed by atoms with van der Waals surface area (Å²) < 4.78 is 5.40. The molecular formula is C14H26N2O4.